The molecule has 2 aliphatic heterocycles. The van der Waals surface area contributed by atoms with Gasteiger partial charge in [0, 0.05) is 37.3 Å². The Balaban J connectivity index is 1.65. The fourth-order valence-electron chi connectivity index (χ4n) is 3.83. The second-order valence-electron chi connectivity index (χ2n) is 6.47. The van der Waals surface area contributed by atoms with E-state index >= 15 is 0 Å². The Hall–Kier alpha value is -2.14. The largest absolute Gasteiger partial charge is 0.330 e. The van der Waals surface area contributed by atoms with Crippen LogP contribution in [-0.4, -0.2) is 34.1 Å². The van der Waals surface area contributed by atoms with Crippen LogP contribution in [0.2, 0.25) is 0 Å². The predicted octanol–water partition coefficient (Wildman–Crippen LogP) is 2.34. The van der Waals surface area contributed by atoms with E-state index in [9.17, 15) is 4.79 Å². The quantitative estimate of drug-likeness (QED) is 0.895. The zero-order valence-corrected chi connectivity index (χ0v) is 13.4. The van der Waals surface area contributed by atoms with Crippen LogP contribution < -0.4 is 5.32 Å². The molecule has 1 aromatic heterocycles. The molecule has 0 radical (unpaired) electrons. The summed E-state index contributed by atoms with van der Waals surface area (Å²) in [5.74, 6) is 0.0666. The van der Waals surface area contributed by atoms with E-state index in [4.69, 9.17) is 0 Å². The number of amides is 1. The van der Waals surface area contributed by atoms with Crippen LogP contribution in [-0.2, 0) is 13.0 Å². The van der Waals surface area contributed by atoms with Gasteiger partial charge in [-0.3, -0.25) is 9.89 Å². The van der Waals surface area contributed by atoms with E-state index in [1.54, 1.807) is 0 Å². The van der Waals surface area contributed by atoms with Crippen LogP contribution in [0.15, 0.2) is 24.3 Å². The molecule has 5 nitrogen and oxygen atoms in total. The maximum Gasteiger partial charge on any atom is 0.275 e. The minimum Gasteiger partial charge on any atom is -0.330 e. The summed E-state index contributed by atoms with van der Waals surface area (Å²) in [5.41, 5.74) is 5.28. The highest BCUT2D eigenvalue weighted by Gasteiger charge is 2.34. The summed E-state index contributed by atoms with van der Waals surface area (Å²) in [6.45, 7) is 4.61. The van der Waals surface area contributed by atoms with Crippen molar-refractivity contribution in [2.45, 2.75) is 38.8 Å². The molecule has 1 unspecified atom stereocenters. The molecule has 1 amide bonds. The molecule has 1 fully saturated rings. The van der Waals surface area contributed by atoms with E-state index in [1.165, 1.54) is 11.1 Å². The molecular formula is C18H22N4O. The molecule has 23 heavy (non-hydrogen) atoms. The number of carbonyl (C=O) groups is 1. The van der Waals surface area contributed by atoms with E-state index in [0.29, 0.717) is 5.69 Å². The van der Waals surface area contributed by atoms with Crippen LogP contribution >= 0.6 is 0 Å². The molecule has 1 saturated heterocycles. The fraction of sp³-hybridized carbons (Fsp3) is 0.444. The minimum atomic E-state index is 0.0666. The molecule has 2 N–H and O–H groups in total. The van der Waals surface area contributed by atoms with E-state index in [-0.39, 0.29) is 11.9 Å². The zero-order valence-electron chi connectivity index (χ0n) is 13.4. The molecule has 0 saturated carbocycles. The lowest BCUT2D eigenvalue weighted by atomic mass is 9.99. The molecule has 5 heteroatoms. The average molecular weight is 310 g/mol. The molecular weight excluding hydrogens is 288 g/mol. The van der Waals surface area contributed by atoms with Gasteiger partial charge in [-0.2, -0.15) is 5.10 Å². The molecule has 1 aromatic carbocycles. The number of fused-ring (bicyclic) bond motifs is 1. The molecule has 3 heterocycles. The first-order valence-electron chi connectivity index (χ1n) is 8.39. The highest BCUT2D eigenvalue weighted by Crippen LogP contribution is 2.35. The Bertz CT molecular complexity index is 736. The van der Waals surface area contributed by atoms with Crippen molar-refractivity contribution in [2.24, 2.45) is 0 Å². The maximum atomic E-state index is 13.1. The Labute approximate surface area is 136 Å². The van der Waals surface area contributed by atoms with Crippen LogP contribution in [0, 0.1) is 6.92 Å². The summed E-state index contributed by atoms with van der Waals surface area (Å²) in [7, 11) is 0. The summed E-state index contributed by atoms with van der Waals surface area (Å²) >= 11 is 0. The van der Waals surface area contributed by atoms with Crippen molar-refractivity contribution in [3.05, 3.63) is 52.3 Å². The summed E-state index contributed by atoms with van der Waals surface area (Å²) in [5, 5.41) is 10.7. The first kappa shape index (κ1) is 14.5. The third kappa shape index (κ3) is 2.45. The number of aromatic nitrogens is 2. The first-order valence-corrected chi connectivity index (χ1v) is 8.39. The summed E-state index contributed by atoms with van der Waals surface area (Å²) < 4.78 is 0. The average Bonchev–Trinajstić information content (AvgIpc) is 3.22. The van der Waals surface area contributed by atoms with Gasteiger partial charge in [-0.05, 0) is 30.9 Å². The van der Waals surface area contributed by atoms with Crippen molar-refractivity contribution >= 4 is 5.91 Å². The van der Waals surface area contributed by atoms with Crippen LogP contribution in [0.3, 0.4) is 0 Å². The molecule has 0 bridgehead atoms. The number of likely N-dealkylation sites (tertiary alicyclic amines) is 1. The smallest absolute Gasteiger partial charge is 0.275 e. The Morgan fingerprint density at radius 2 is 2.22 bits per heavy atom. The predicted molar refractivity (Wildman–Crippen MR) is 88.2 cm³/mol. The van der Waals surface area contributed by atoms with Gasteiger partial charge < -0.3 is 10.2 Å². The lowest BCUT2D eigenvalue weighted by Gasteiger charge is -2.26. The first-order chi connectivity index (χ1) is 11.3. The number of benzene rings is 1. The van der Waals surface area contributed by atoms with Gasteiger partial charge >= 0.3 is 0 Å². The highest BCUT2D eigenvalue weighted by molar-refractivity contribution is 5.94. The van der Waals surface area contributed by atoms with Gasteiger partial charge in [-0.25, -0.2) is 0 Å². The number of hydrogen-bond acceptors (Lipinski definition) is 3. The van der Waals surface area contributed by atoms with Crippen LogP contribution in [0.5, 0.6) is 0 Å². The van der Waals surface area contributed by atoms with Crippen LogP contribution in [0.1, 0.15) is 51.8 Å². The van der Waals surface area contributed by atoms with Gasteiger partial charge in [0.2, 0.25) is 0 Å². The van der Waals surface area contributed by atoms with Crippen LogP contribution in [0.25, 0.3) is 0 Å². The number of hydrogen-bond donors (Lipinski definition) is 2. The lowest BCUT2D eigenvalue weighted by Crippen LogP contribution is -2.33. The van der Waals surface area contributed by atoms with Crippen molar-refractivity contribution in [3.8, 4) is 0 Å². The van der Waals surface area contributed by atoms with Crippen molar-refractivity contribution in [2.75, 3.05) is 13.1 Å². The second-order valence-corrected chi connectivity index (χ2v) is 6.47. The number of rotatable bonds is 2. The number of nitrogens with one attached hydrogen (secondary N) is 2. The van der Waals surface area contributed by atoms with Gasteiger partial charge in [-0.15, -0.1) is 0 Å². The molecule has 2 aliphatic rings. The van der Waals surface area contributed by atoms with Crippen molar-refractivity contribution in [1.29, 1.82) is 0 Å². The normalized spacial score (nSPS) is 20.6. The molecule has 2 aromatic rings. The van der Waals surface area contributed by atoms with Crippen molar-refractivity contribution in [1.82, 2.24) is 20.4 Å². The SMILES string of the molecule is Cc1ccccc1C1CCCN1C(=O)c1n[nH]c2c1CNCC2. The third-order valence-electron chi connectivity index (χ3n) is 5.07. The Morgan fingerprint density at radius 3 is 3.09 bits per heavy atom. The number of nitrogens with zero attached hydrogens (tertiary/aromatic N) is 2. The minimum absolute atomic E-state index is 0.0666. The maximum absolute atomic E-state index is 13.1. The monoisotopic (exact) mass is 310 g/mol. The van der Waals surface area contributed by atoms with Gasteiger partial charge in [0.1, 0.15) is 0 Å². The standard InChI is InChI=1S/C18H22N4O/c1-12-5-2-3-6-13(12)16-7-4-10-22(16)18(23)17-14-11-19-9-8-15(14)20-21-17/h2-3,5-6,16,19H,4,7-11H2,1H3,(H,20,21). The number of aryl methyl sites for hydroxylation is 1. The number of aromatic amines is 1. The van der Waals surface area contributed by atoms with Gasteiger partial charge in [0.25, 0.3) is 5.91 Å². The second kappa shape index (κ2) is 5.81. The zero-order chi connectivity index (χ0) is 15.8. The van der Waals surface area contributed by atoms with E-state index in [2.05, 4.69) is 46.7 Å². The van der Waals surface area contributed by atoms with E-state index < -0.39 is 0 Å². The molecule has 120 valence electrons. The van der Waals surface area contributed by atoms with Crippen LogP contribution in [0.4, 0.5) is 0 Å². The molecule has 1 atom stereocenters. The number of H-pyrrole nitrogens is 1. The Kier molecular flexibility index (Phi) is 3.65. The lowest BCUT2D eigenvalue weighted by molar-refractivity contribution is 0.0728. The highest BCUT2D eigenvalue weighted by atomic mass is 16.2. The Morgan fingerprint density at radius 1 is 1.35 bits per heavy atom. The van der Waals surface area contributed by atoms with Gasteiger partial charge in [-0.1, -0.05) is 24.3 Å². The van der Waals surface area contributed by atoms with E-state index in [1.807, 2.05) is 4.90 Å². The molecule has 0 aliphatic carbocycles. The fourth-order valence-corrected chi connectivity index (χ4v) is 3.83. The molecule has 0 spiro atoms. The topological polar surface area (TPSA) is 61.0 Å². The van der Waals surface area contributed by atoms with Crippen molar-refractivity contribution in [3.63, 3.8) is 0 Å². The van der Waals surface area contributed by atoms with Crippen molar-refractivity contribution < 1.29 is 4.79 Å². The van der Waals surface area contributed by atoms with Gasteiger partial charge in [0.15, 0.2) is 5.69 Å². The third-order valence-corrected chi connectivity index (χ3v) is 5.07. The summed E-state index contributed by atoms with van der Waals surface area (Å²) in [4.78, 5) is 15.1. The summed E-state index contributed by atoms with van der Waals surface area (Å²) in [6.07, 6.45) is 2.99. The van der Waals surface area contributed by atoms with Gasteiger partial charge in [0.05, 0.1) is 6.04 Å². The number of carbonyl (C=O) groups excluding carboxylic acids is 1. The van der Waals surface area contributed by atoms with E-state index in [0.717, 1.165) is 50.2 Å². The summed E-state index contributed by atoms with van der Waals surface area (Å²) in [6, 6.07) is 8.55. The molecule has 4 rings (SSSR count).